The molecule has 4 aliphatic heterocycles. The molecule has 0 aliphatic carbocycles. The molecule has 0 saturated carbocycles. The number of hydrogen-bond donors (Lipinski definition) is 4. The van der Waals surface area contributed by atoms with Crippen LogP contribution in [0.4, 0.5) is 0 Å². The highest BCUT2D eigenvalue weighted by Gasteiger charge is 2.58. The molecule has 4 aliphatic rings. The van der Waals surface area contributed by atoms with Crippen molar-refractivity contribution in [1.82, 2.24) is 10.3 Å². The molecule has 2 aromatic rings. The van der Waals surface area contributed by atoms with Crippen LogP contribution in [0.15, 0.2) is 29.0 Å². The van der Waals surface area contributed by atoms with Gasteiger partial charge in [-0.25, -0.2) is 4.98 Å². The van der Waals surface area contributed by atoms with Gasteiger partial charge in [0.2, 0.25) is 6.23 Å². The Morgan fingerprint density at radius 1 is 1.16 bits per heavy atom. The maximum atomic E-state index is 12.9. The molecule has 172 valence electrons. The molecule has 11 heteroatoms. The molecule has 2 aromatic heterocycles. The zero-order valence-corrected chi connectivity index (χ0v) is 17.2. The predicted octanol–water partition coefficient (Wildman–Crippen LogP) is -2.28. The Hall–Kier alpha value is -2.57. The number of rotatable bonds is 4. The molecule has 0 radical (unpaired) electrons. The van der Waals surface area contributed by atoms with Crippen LogP contribution in [0.3, 0.4) is 0 Å². The first-order valence-corrected chi connectivity index (χ1v) is 10.7. The summed E-state index contributed by atoms with van der Waals surface area (Å²) >= 11 is 0. The summed E-state index contributed by atoms with van der Waals surface area (Å²) in [7, 11) is 0. The van der Waals surface area contributed by atoms with Crippen molar-refractivity contribution in [1.29, 1.82) is 0 Å². The second-order valence-corrected chi connectivity index (χ2v) is 9.03. The number of furan rings is 1. The molecule has 11 nitrogen and oxygen atoms in total. The van der Waals surface area contributed by atoms with E-state index in [0.29, 0.717) is 25.2 Å². The zero-order chi connectivity index (χ0) is 22.6. The number of aromatic nitrogens is 1. The highest BCUT2D eigenvalue weighted by atomic mass is 16.6. The second-order valence-electron chi connectivity index (χ2n) is 9.03. The number of nitrogens with one attached hydrogen (secondary N) is 1. The van der Waals surface area contributed by atoms with Crippen LogP contribution >= 0.6 is 0 Å². The van der Waals surface area contributed by atoms with Crippen molar-refractivity contribution < 1.29 is 43.7 Å². The molecule has 2 bridgehead atoms. The van der Waals surface area contributed by atoms with Crippen molar-refractivity contribution in [2.24, 2.45) is 5.92 Å². The van der Waals surface area contributed by atoms with Gasteiger partial charge in [-0.05, 0) is 18.1 Å². The summed E-state index contributed by atoms with van der Waals surface area (Å²) in [5, 5.41) is 46.1. The first-order valence-electron chi connectivity index (χ1n) is 10.7. The van der Waals surface area contributed by atoms with Crippen molar-refractivity contribution >= 4 is 22.8 Å². The van der Waals surface area contributed by atoms with Crippen LogP contribution in [0.2, 0.25) is 0 Å². The van der Waals surface area contributed by atoms with E-state index < -0.39 is 36.6 Å². The van der Waals surface area contributed by atoms with Gasteiger partial charge in [-0.2, -0.15) is 0 Å². The van der Waals surface area contributed by atoms with Crippen molar-refractivity contribution in [2.75, 3.05) is 19.6 Å². The minimum absolute atomic E-state index is 0.185. The monoisotopic (exact) mass is 447 g/mol. The molecule has 0 spiro atoms. The van der Waals surface area contributed by atoms with E-state index in [9.17, 15) is 30.0 Å². The van der Waals surface area contributed by atoms with Crippen molar-refractivity contribution in [3.63, 3.8) is 0 Å². The van der Waals surface area contributed by atoms with Gasteiger partial charge in [-0.15, -0.1) is 0 Å². The van der Waals surface area contributed by atoms with Crippen LogP contribution < -0.4 is 10.4 Å². The molecule has 6 rings (SSSR count). The summed E-state index contributed by atoms with van der Waals surface area (Å²) < 4.78 is 11.0. The number of aliphatic carboxylic acids is 1. The number of ether oxygens (including phenoxy) is 1. The Balaban J connectivity index is 1.36. The topological polar surface area (TPSA) is 165 Å². The SMILES string of the molecule is O=C(N[C@H]1C[N+]2([C@@H]3O[C@H](C(=O)[O-])[C@@H](O)[C@H](O)[C@H]3O)CCC1CC2)c1cc2ccoc2cn1. The fourth-order valence-corrected chi connectivity index (χ4v) is 5.49. The third kappa shape index (κ3) is 3.37. The third-order valence-electron chi connectivity index (χ3n) is 7.27. The number of fused-ring (bicyclic) bond motifs is 4. The number of carboxylic acids is 1. The minimum Gasteiger partial charge on any atom is -0.547 e. The number of aliphatic hydroxyl groups is 3. The summed E-state index contributed by atoms with van der Waals surface area (Å²) in [6, 6.07) is 3.15. The molecule has 0 aromatic carbocycles. The number of piperidine rings is 3. The number of quaternary nitrogens is 1. The van der Waals surface area contributed by atoms with E-state index in [1.165, 1.54) is 12.5 Å². The van der Waals surface area contributed by atoms with Gasteiger partial charge in [0.05, 0.1) is 37.6 Å². The Kier molecular flexibility index (Phi) is 5.18. The minimum atomic E-state index is -1.79. The normalized spacial score (nSPS) is 39.2. The number of nitrogens with zero attached hydrogens (tertiary/aromatic N) is 2. The lowest BCUT2D eigenvalue weighted by Crippen LogP contribution is -2.77. The van der Waals surface area contributed by atoms with E-state index >= 15 is 0 Å². The lowest BCUT2D eigenvalue weighted by Gasteiger charge is -2.58. The number of carboxylic acid groups (broad SMARTS) is 1. The molecule has 6 atom stereocenters. The van der Waals surface area contributed by atoms with Crippen LogP contribution in [0.5, 0.6) is 0 Å². The number of pyridine rings is 1. The summed E-state index contributed by atoms with van der Waals surface area (Å²) in [5.41, 5.74) is 0.840. The zero-order valence-electron chi connectivity index (χ0n) is 17.2. The van der Waals surface area contributed by atoms with Crippen LogP contribution in [0.25, 0.3) is 11.0 Å². The third-order valence-corrected chi connectivity index (χ3v) is 7.27. The molecule has 0 unspecified atom stereocenters. The van der Waals surface area contributed by atoms with Crippen molar-refractivity contribution in [3.8, 4) is 0 Å². The van der Waals surface area contributed by atoms with Gasteiger partial charge in [-0.3, -0.25) is 9.28 Å². The van der Waals surface area contributed by atoms with E-state index in [-0.39, 0.29) is 28.0 Å². The largest absolute Gasteiger partial charge is 0.547 e. The molecule has 4 saturated heterocycles. The average molecular weight is 447 g/mol. The van der Waals surface area contributed by atoms with Gasteiger partial charge in [0, 0.05) is 18.2 Å². The van der Waals surface area contributed by atoms with E-state index in [4.69, 9.17) is 9.15 Å². The average Bonchev–Trinajstić information content (AvgIpc) is 3.26. The van der Waals surface area contributed by atoms with E-state index in [0.717, 1.165) is 18.2 Å². The van der Waals surface area contributed by atoms with Gasteiger partial charge >= 0.3 is 0 Å². The Morgan fingerprint density at radius 2 is 1.91 bits per heavy atom. The summed E-state index contributed by atoms with van der Waals surface area (Å²) in [4.78, 5) is 28.5. The highest BCUT2D eigenvalue weighted by molar-refractivity contribution is 5.95. The number of hydrogen-bond acceptors (Lipinski definition) is 9. The fraction of sp³-hybridized carbons (Fsp3) is 0.571. The number of carbonyl (C=O) groups is 2. The molecule has 32 heavy (non-hydrogen) atoms. The number of carbonyl (C=O) groups excluding carboxylic acids is 2. The van der Waals surface area contributed by atoms with Gasteiger partial charge in [0.25, 0.3) is 5.91 Å². The fourth-order valence-electron chi connectivity index (χ4n) is 5.49. The van der Waals surface area contributed by atoms with Crippen molar-refractivity contribution in [2.45, 2.75) is 49.5 Å². The van der Waals surface area contributed by atoms with Crippen molar-refractivity contribution in [3.05, 3.63) is 30.3 Å². The maximum Gasteiger partial charge on any atom is 0.270 e. The van der Waals surface area contributed by atoms with E-state index in [1.54, 1.807) is 12.1 Å². The van der Waals surface area contributed by atoms with Gasteiger partial charge < -0.3 is 39.7 Å². The Morgan fingerprint density at radius 3 is 2.62 bits per heavy atom. The summed E-state index contributed by atoms with van der Waals surface area (Å²) in [6.07, 6.45) is -3.25. The Labute approximate surface area is 182 Å². The maximum absolute atomic E-state index is 12.9. The second kappa shape index (κ2) is 7.78. The first-order chi connectivity index (χ1) is 15.3. The smallest absolute Gasteiger partial charge is 0.270 e. The van der Waals surface area contributed by atoms with Crippen LogP contribution in [-0.2, 0) is 9.53 Å². The van der Waals surface area contributed by atoms with Crippen LogP contribution in [0, 0.1) is 5.92 Å². The molecule has 4 N–H and O–H groups in total. The molecular formula is C21H25N3O8. The molecular weight excluding hydrogens is 422 g/mol. The first kappa shape index (κ1) is 21.3. The summed E-state index contributed by atoms with van der Waals surface area (Å²) in [5.74, 6) is -1.76. The van der Waals surface area contributed by atoms with E-state index in [1.807, 2.05) is 0 Å². The highest BCUT2D eigenvalue weighted by Crippen LogP contribution is 2.40. The Bertz CT molecular complexity index is 1030. The lowest BCUT2D eigenvalue weighted by atomic mass is 9.80. The molecule has 4 fully saturated rings. The standard InChI is InChI=1S/C21H25N3O8/c25-15-16(26)18(21(29)30)32-20(17(15)27)24-4-1-10(2-5-24)13(9-24)23-19(28)12-7-11-3-6-31-14(11)8-22-12/h3,6-8,10,13,15-18,20,25-27H,1-2,4-5,9H2,(H-,23,28,29,30)/t10?,13-,15-,16-,17+,18-,20+,24?/m0/s1. The van der Waals surface area contributed by atoms with Gasteiger partial charge in [-0.1, -0.05) is 0 Å². The summed E-state index contributed by atoms with van der Waals surface area (Å²) in [6.45, 7) is 1.59. The molecule has 6 heterocycles. The van der Waals surface area contributed by atoms with Crippen LogP contribution in [0.1, 0.15) is 23.3 Å². The van der Waals surface area contributed by atoms with Crippen LogP contribution in [-0.4, -0.2) is 93.0 Å². The predicted molar refractivity (Wildman–Crippen MR) is 105 cm³/mol. The lowest BCUT2D eigenvalue weighted by molar-refractivity contribution is -0.991. The number of aliphatic hydroxyl groups excluding tert-OH is 3. The number of amides is 1. The quantitative estimate of drug-likeness (QED) is 0.378. The molecule has 1 amide bonds. The van der Waals surface area contributed by atoms with E-state index in [2.05, 4.69) is 10.3 Å². The van der Waals surface area contributed by atoms with Gasteiger partial charge in [0.1, 0.15) is 30.6 Å². The van der Waals surface area contributed by atoms with Gasteiger partial charge in [0.15, 0.2) is 11.7 Å².